The molecule has 0 saturated heterocycles. The van der Waals surface area contributed by atoms with Gasteiger partial charge in [-0.1, -0.05) is 24.3 Å². The van der Waals surface area contributed by atoms with Crippen LogP contribution in [-0.4, -0.2) is 25.2 Å². The van der Waals surface area contributed by atoms with Crippen molar-refractivity contribution in [3.8, 4) is 5.69 Å². The van der Waals surface area contributed by atoms with Gasteiger partial charge in [0.15, 0.2) is 0 Å². The maximum absolute atomic E-state index is 13.3. The first-order valence-electron chi connectivity index (χ1n) is 11.2. The Bertz CT molecular complexity index is 1560. The molecule has 0 unspecified atom stereocenters. The molecule has 0 aliphatic carbocycles. The molecule has 1 amide bonds. The van der Waals surface area contributed by atoms with Crippen LogP contribution in [0.15, 0.2) is 76.6 Å². The first-order chi connectivity index (χ1) is 17.5. The van der Waals surface area contributed by atoms with Crippen molar-refractivity contribution in [3.05, 3.63) is 121 Å². The number of rotatable bonds is 6. The molecule has 190 valence electrons. The zero-order chi connectivity index (χ0) is 26.7. The van der Waals surface area contributed by atoms with E-state index in [0.29, 0.717) is 11.3 Å². The lowest BCUT2D eigenvalue weighted by molar-refractivity contribution is -0.137. The highest BCUT2D eigenvalue weighted by Gasteiger charge is 2.30. The van der Waals surface area contributed by atoms with Crippen LogP contribution in [0.4, 0.5) is 13.2 Å². The zero-order valence-corrected chi connectivity index (χ0v) is 19.9. The van der Waals surface area contributed by atoms with Gasteiger partial charge in [-0.15, -0.1) is 0 Å². The SMILES string of the molecule is Cc1ccc(-n2nc(C(=O)NCc3cccnc3)c(=O)n(Cc3ccc(C(F)(F)F)cc3)c2=O)cc1C. The van der Waals surface area contributed by atoms with Crippen molar-refractivity contribution < 1.29 is 18.0 Å². The molecule has 0 spiro atoms. The number of nitrogens with one attached hydrogen (secondary N) is 1. The average Bonchev–Trinajstić information content (AvgIpc) is 2.87. The molecule has 8 nitrogen and oxygen atoms in total. The Balaban J connectivity index is 1.78. The summed E-state index contributed by atoms with van der Waals surface area (Å²) in [4.78, 5) is 43.5. The second kappa shape index (κ2) is 10.2. The highest BCUT2D eigenvalue weighted by Crippen LogP contribution is 2.29. The number of hydrogen-bond acceptors (Lipinski definition) is 5. The standard InChI is InChI=1S/C26H22F3N5O3/c1-16-5-10-21(12-17(16)2)34-25(37)33(15-18-6-8-20(9-7-18)26(27,28)29)24(36)22(32-34)23(35)31-14-19-4-3-11-30-13-19/h3-13H,14-15H2,1-2H3,(H,31,35). The molecule has 2 heterocycles. The lowest BCUT2D eigenvalue weighted by Gasteiger charge is -2.14. The van der Waals surface area contributed by atoms with E-state index >= 15 is 0 Å². The van der Waals surface area contributed by atoms with Crippen LogP contribution in [-0.2, 0) is 19.3 Å². The molecule has 0 bridgehead atoms. The van der Waals surface area contributed by atoms with Crippen LogP contribution in [0.2, 0.25) is 0 Å². The maximum Gasteiger partial charge on any atom is 0.416 e. The van der Waals surface area contributed by atoms with Crippen molar-refractivity contribution in [2.75, 3.05) is 0 Å². The minimum Gasteiger partial charge on any atom is -0.346 e. The largest absolute Gasteiger partial charge is 0.416 e. The predicted molar refractivity (Wildman–Crippen MR) is 130 cm³/mol. The van der Waals surface area contributed by atoms with Crippen molar-refractivity contribution in [3.63, 3.8) is 0 Å². The number of benzene rings is 2. The van der Waals surface area contributed by atoms with Crippen LogP contribution in [0.5, 0.6) is 0 Å². The number of nitrogens with zero attached hydrogens (tertiary/aromatic N) is 4. The molecule has 0 radical (unpaired) electrons. The average molecular weight is 509 g/mol. The molecule has 2 aromatic carbocycles. The van der Waals surface area contributed by atoms with Gasteiger partial charge in [0.25, 0.3) is 11.5 Å². The summed E-state index contributed by atoms with van der Waals surface area (Å²) in [5.41, 5.74) is -0.0927. The number of pyridine rings is 1. The number of halogens is 3. The Hall–Kier alpha value is -4.54. The molecule has 0 saturated carbocycles. The van der Waals surface area contributed by atoms with E-state index in [4.69, 9.17) is 0 Å². The van der Waals surface area contributed by atoms with Gasteiger partial charge < -0.3 is 5.32 Å². The molecule has 4 aromatic rings. The Kier molecular flexibility index (Phi) is 7.05. The minimum atomic E-state index is -4.53. The first-order valence-corrected chi connectivity index (χ1v) is 11.2. The summed E-state index contributed by atoms with van der Waals surface area (Å²) in [6.07, 6.45) is -1.40. The summed E-state index contributed by atoms with van der Waals surface area (Å²) in [6.45, 7) is 3.43. The molecular weight excluding hydrogens is 487 g/mol. The molecule has 0 atom stereocenters. The van der Waals surface area contributed by atoms with Crippen molar-refractivity contribution in [2.45, 2.75) is 33.1 Å². The first kappa shape index (κ1) is 25.5. The molecule has 11 heteroatoms. The van der Waals surface area contributed by atoms with Crippen LogP contribution < -0.4 is 16.6 Å². The fourth-order valence-electron chi connectivity index (χ4n) is 3.57. The third-order valence-electron chi connectivity index (χ3n) is 5.81. The Morgan fingerprint density at radius 2 is 1.70 bits per heavy atom. The highest BCUT2D eigenvalue weighted by atomic mass is 19.4. The summed E-state index contributed by atoms with van der Waals surface area (Å²) in [6, 6.07) is 12.6. The lowest BCUT2D eigenvalue weighted by Crippen LogP contribution is -2.46. The number of amides is 1. The number of carbonyl (C=O) groups excluding carboxylic acids is 1. The van der Waals surface area contributed by atoms with Crippen LogP contribution in [0.3, 0.4) is 0 Å². The summed E-state index contributed by atoms with van der Waals surface area (Å²) in [5, 5.41) is 6.66. The number of hydrogen-bond donors (Lipinski definition) is 1. The zero-order valence-electron chi connectivity index (χ0n) is 19.9. The maximum atomic E-state index is 13.3. The topological polar surface area (TPSA) is 98.9 Å². The van der Waals surface area contributed by atoms with Gasteiger partial charge in [0, 0.05) is 18.9 Å². The second-order valence-electron chi connectivity index (χ2n) is 8.44. The van der Waals surface area contributed by atoms with Crippen molar-refractivity contribution in [2.24, 2.45) is 0 Å². The van der Waals surface area contributed by atoms with Crippen LogP contribution in [0.25, 0.3) is 5.69 Å². The van der Waals surface area contributed by atoms with E-state index in [1.54, 1.807) is 42.7 Å². The molecule has 1 N–H and O–H groups in total. The van der Waals surface area contributed by atoms with Gasteiger partial charge in [-0.05, 0) is 66.4 Å². The van der Waals surface area contributed by atoms with E-state index in [1.807, 2.05) is 13.8 Å². The van der Waals surface area contributed by atoms with Crippen LogP contribution in [0.1, 0.15) is 38.3 Å². The molecule has 37 heavy (non-hydrogen) atoms. The van der Waals surface area contributed by atoms with Crippen molar-refractivity contribution >= 4 is 5.91 Å². The fourth-order valence-corrected chi connectivity index (χ4v) is 3.57. The normalized spacial score (nSPS) is 11.4. The number of carbonyl (C=O) groups is 1. The summed E-state index contributed by atoms with van der Waals surface area (Å²) >= 11 is 0. The van der Waals surface area contributed by atoms with Gasteiger partial charge in [-0.3, -0.25) is 19.1 Å². The predicted octanol–water partition coefficient (Wildman–Crippen LogP) is 3.40. The molecule has 4 rings (SSSR count). The van der Waals surface area contributed by atoms with E-state index in [-0.39, 0.29) is 18.7 Å². The summed E-state index contributed by atoms with van der Waals surface area (Å²) in [5.74, 6) is -0.812. The Labute approximate surface area is 209 Å². The van der Waals surface area contributed by atoms with E-state index < -0.39 is 34.6 Å². The van der Waals surface area contributed by atoms with Gasteiger partial charge in [0.2, 0.25) is 5.69 Å². The highest BCUT2D eigenvalue weighted by molar-refractivity contribution is 5.91. The third kappa shape index (κ3) is 5.66. The Morgan fingerprint density at radius 1 is 0.973 bits per heavy atom. The van der Waals surface area contributed by atoms with Gasteiger partial charge in [-0.2, -0.15) is 23.0 Å². The molecular formula is C26H22F3N5O3. The summed E-state index contributed by atoms with van der Waals surface area (Å²) in [7, 11) is 0. The van der Waals surface area contributed by atoms with Gasteiger partial charge in [0.05, 0.1) is 17.8 Å². The quantitative estimate of drug-likeness (QED) is 0.430. The number of aromatic nitrogens is 4. The Morgan fingerprint density at radius 3 is 2.32 bits per heavy atom. The monoisotopic (exact) mass is 509 g/mol. The van der Waals surface area contributed by atoms with E-state index in [1.165, 1.54) is 12.1 Å². The second-order valence-corrected chi connectivity index (χ2v) is 8.44. The van der Waals surface area contributed by atoms with E-state index in [9.17, 15) is 27.6 Å². The fraction of sp³-hybridized carbons (Fsp3) is 0.192. The smallest absolute Gasteiger partial charge is 0.346 e. The minimum absolute atomic E-state index is 0.0649. The van der Waals surface area contributed by atoms with Crippen molar-refractivity contribution in [1.82, 2.24) is 24.6 Å². The van der Waals surface area contributed by atoms with Crippen LogP contribution in [0, 0.1) is 13.8 Å². The number of alkyl halides is 3. The van der Waals surface area contributed by atoms with E-state index in [2.05, 4.69) is 15.4 Å². The molecule has 0 fully saturated rings. The molecule has 2 aromatic heterocycles. The third-order valence-corrected chi connectivity index (χ3v) is 5.81. The summed E-state index contributed by atoms with van der Waals surface area (Å²) < 4.78 is 40.6. The van der Waals surface area contributed by atoms with Gasteiger partial charge in [0.1, 0.15) is 0 Å². The molecule has 0 aliphatic rings. The van der Waals surface area contributed by atoms with E-state index in [0.717, 1.165) is 32.5 Å². The number of aryl methyl sites for hydroxylation is 2. The van der Waals surface area contributed by atoms with Crippen molar-refractivity contribution in [1.29, 1.82) is 0 Å². The lowest BCUT2D eigenvalue weighted by atomic mass is 10.1. The van der Waals surface area contributed by atoms with Gasteiger partial charge in [-0.25, -0.2) is 4.79 Å². The molecule has 0 aliphatic heterocycles. The van der Waals surface area contributed by atoms with Crippen LogP contribution >= 0.6 is 0 Å². The van der Waals surface area contributed by atoms with Gasteiger partial charge >= 0.3 is 11.9 Å².